The highest BCUT2D eigenvalue weighted by molar-refractivity contribution is 5.81. The molecule has 1 aliphatic carbocycles. The number of hydrogen-bond donors (Lipinski definition) is 0. The molecule has 0 aromatic heterocycles. The van der Waals surface area contributed by atoms with Gasteiger partial charge in [-0.15, -0.1) is 0 Å². The molecule has 1 aliphatic rings. The Hall–Kier alpha value is -3.33. The third-order valence-electron chi connectivity index (χ3n) is 6.67. The number of carbonyl (C=O) groups excluding carboxylic acids is 1. The van der Waals surface area contributed by atoms with Crippen LogP contribution in [0.1, 0.15) is 62.1 Å². The fourth-order valence-electron chi connectivity index (χ4n) is 4.72. The number of ether oxygens (including phenoxy) is 2. The van der Waals surface area contributed by atoms with Crippen molar-refractivity contribution in [3.8, 4) is 28.0 Å². The molecule has 0 amide bonds. The van der Waals surface area contributed by atoms with Crippen LogP contribution in [0.4, 0.5) is 0 Å². The van der Waals surface area contributed by atoms with Crippen LogP contribution in [0.5, 0.6) is 5.75 Å². The maximum Gasteiger partial charge on any atom is 0.330 e. The van der Waals surface area contributed by atoms with Crippen molar-refractivity contribution >= 4 is 5.97 Å². The molecule has 0 bridgehead atoms. The molecule has 0 fully saturated rings. The number of rotatable bonds is 13. The molecule has 4 rings (SSSR count). The van der Waals surface area contributed by atoms with Gasteiger partial charge in [0.15, 0.2) is 0 Å². The first kappa shape index (κ1) is 24.8. The Morgan fingerprint density at radius 2 is 1.54 bits per heavy atom. The van der Waals surface area contributed by atoms with Crippen molar-refractivity contribution in [1.29, 1.82) is 0 Å². The highest BCUT2D eigenvalue weighted by Crippen LogP contribution is 2.39. The molecule has 0 heterocycles. The molecule has 0 N–H and O–H groups in total. The maximum atomic E-state index is 11.0. The Morgan fingerprint density at radius 3 is 2.31 bits per heavy atom. The lowest BCUT2D eigenvalue weighted by molar-refractivity contribution is -0.137. The number of esters is 1. The molecule has 182 valence electrons. The van der Waals surface area contributed by atoms with Gasteiger partial charge in [-0.25, -0.2) is 4.79 Å². The SMILES string of the molecule is C=CC(=O)OCCCCCOc1ccc(-c2ccc3c(c2)Cc2cc(CCCCC)ccc2-3)cc1. The minimum Gasteiger partial charge on any atom is -0.494 e. The van der Waals surface area contributed by atoms with Crippen LogP contribution in [0.2, 0.25) is 0 Å². The van der Waals surface area contributed by atoms with Crippen molar-refractivity contribution in [2.24, 2.45) is 0 Å². The summed E-state index contributed by atoms with van der Waals surface area (Å²) in [6.45, 7) is 6.74. The highest BCUT2D eigenvalue weighted by Gasteiger charge is 2.19. The van der Waals surface area contributed by atoms with Crippen LogP contribution in [-0.2, 0) is 22.4 Å². The van der Waals surface area contributed by atoms with Crippen LogP contribution < -0.4 is 4.74 Å². The topological polar surface area (TPSA) is 35.5 Å². The van der Waals surface area contributed by atoms with Crippen LogP contribution in [-0.4, -0.2) is 19.2 Å². The molecular weight excluding hydrogens is 432 g/mol. The van der Waals surface area contributed by atoms with E-state index in [1.54, 1.807) is 0 Å². The summed E-state index contributed by atoms with van der Waals surface area (Å²) in [5.41, 5.74) is 9.59. The zero-order valence-electron chi connectivity index (χ0n) is 20.9. The monoisotopic (exact) mass is 468 g/mol. The average molecular weight is 469 g/mol. The summed E-state index contributed by atoms with van der Waals surface area (Å²) in [6, 6.07) is 22.3. The summed E-state index contributed by atoms with van der Waals surface area (Å²) in [4.78, 5) is 11.0. The summed E-state index contributed by atoms with van der Waals surface area (Å²) in [6.07, 6.45) is 9.97. The van der Waals surface area contributed by atoms with Crippen LogP contribution >= 0.6 is 0 Å². The minimum atomic E-state index is -0.360. The van der Waals surface area contributed by atoms with Crippen molar-refractivity contribution in [2.45, 2.75) is 58.3 Å². The van der Waals surface area contributed by atoms with E-state index in [1.165, 1.54) is 70.7 Å². The summed E-state index contributed by atoms with van der Waals surface area (Å²) < 4.78 is 10.9. The van der Waals surface area contributed by atoms with Crippen LogP contribution in [0.25, 0.3) is 22.3 Å². The van der Waals surface area contributed by atoms with Crippen molar-refractivity contribution in [1.82, 2.24) is 0 Å². The molecule has 0 radical (unpaired) electrons. The molecule has 3 aromatic rings. The van der Waals surface area contributed by atoms with Crippen LogP contribution in [0.3, 0.4) is 0 Å². The third kappa shape index (κ3) is 6.63. The summed E-state index contributed by atoms with van der Waals surface area (Å²) in [5, 5.41) is 0. The molecule has 0 atom stereocenters. The molecule has 3 aromatic carbocycles. The Labute approximate surface area is 209 Å². The van der Waals surface area contributed by atoms with E-state index in [-0.39, 0.29) is 5.97 Å². The van der Waals surface area contributed by atoms with Crippen LogP contribution in [0, 0.1) is 0 Å². The van der Waals surface area contributed by atoms with E-state index in [0.717, 1.165) is 31.4 Å². The van der Waals surface area contributed by atoms with Gasteiger partial charge in [0.25, 0.3) is 0 Å². The number of carbonyl (C=O) groups is 1. The second-order valence-electron chi connectivity index (χ2n) is 9.30. The van der Waals surface area contributed by atoms with E-state index < -0.39 is 0 Å². The lowest BCUT2D eigenvalue weighted by Crippen LogP contribution is -2.03. The number of unbranched alkanes of at least 4 members (excludes halogenated alkanes) is 4. The van der Waals surface area contributed by atoms with Crippen molar-refractivity contribution in [3.05, 3.63) is 90.0 Å². The van der Waals surface area contributed by atoms with E-state index in [9.17, 15) is 4.79 Å². The molecule has 3 heteroatoms. The summed E-state index contributed by atoms with van der Waals surface area (Å²) in [5.74, 6) is 0.525. The van der Waals surface area contributed by atoms with E-state index in [0.29, 0.717) is 13.2 Å². The van der Waals surface area contributed by atoms with Gasteiger partial charge in [-0.2, -0.15) is 0 Å². The number of aryl methyl sites for hydroxylation is 1. The van der Waals surface area contributed by atoms with E-state index >= 15 is 0 Å². The minimum absolute atomic E-state index is 0.360. The third-order valence-corrected chi connectivity index (χ3v) is 6.67. The van der Waals surface area contributed by atoms with Gasteiger partial charge < -0.3 is 9.47 Å². The van der Waals surface area contributed by atoms with Gasteiger partial charge in [-0.05, 0) is 89.6 Å². The molecule has 0 spiro atoms. The molecule has 3 nitrogen and oxygen atoms in total. The van der Waals surface area contributed by atoms with Gasteiger partial charge in [0.05, 0.1) is 13.2 Å². The quantitative estimate of drug-likeness (QED) is 0.113. The Balaban J connectivity index is 1.29. The molecule has 0 unspecified atom stereocenters. The number of hydrogen-bond acceptors (Lipinski definition) is 3. The van der Waals surface area contributed by atoms with Gasteiger partial charge in [-0.3, -0.25) is 0 Å². The standard InChI is InChI=1S/C32H36O3/c1-3-5-7-10-24-11-17-30-27(21-24)23-28-22-26(14-18-31(28)30)25-12-15-29(16-13-25)34-19-8-6-9-20-35-32(33)4-2/h4,11-18,21-22H,2-3,5-10,19-20,23H2,1H3. The molecule has 0 aliphatic heterocycles. The molecule has 0 saturated heterocycles. The van der Waals surface area contributed by atoms with Crippen LogP contribution in [0.15, 0.2) is 73.3 Å². The normalized spacial score (nSPS) is 11.6. The number of fused-ring (bicyclic) bond motifs is 3. The van der Waals surface area contributed by atoms with Crippen molar-refractivity contribution < 1.29 is 14.3 Å². The van der Waals surface area contributed by atoms with Crippen molar-refractivity contribution in [3.63, 3.8) is 0 Å². The molecule has 0 saturated carbocycles. The predicted octanol–water partition coefficient (Wildman–Crippen LogP) is 7.94. The fourth-order valence-corrected chi connectivity index (χ4v) is 4.72. The van der Waals surface area contributed by atoms with Gasteiger partial charge in [-0.1, -0.05) is 74.9 Å². The summed E-state index contributed by atoms with van der Waals surface area (Å²) in [7, 11) is 0. The van der Waals surface area contributed by atoms with E-state index in [2.05, 4.69) is 62.0 Å². The zero-order chi connectivity index (χ0) is 24.5. The van der Waals surface area contributed by atoms with Gasteiger partial charge in [0, 0.05) is 6.08 Å². The lowest BCUT2D eigenvalue weighted by atomic mass is 9.98. The first-order chi connectivity index (χ1) is 17.2. The van der Waals surface area contributed by atoms with E-state index in [4.69, 9.17) is 9.47 Å². The lowest BCUT2D eigenvalue weighted by Gasteiger charge is -2.09. The second-order valence-corrected chi connectivity index (χ2v) is 9.30. The predicted molar refractivity (Wildman–Crippen MR) is 144 cm³/mol. The number of benzene rings is 3. The average Bonchev–Trinajstić information content (AvgIpc) is 3.25. The fraction of sp³-hybridized carbons (Fsp3) is 0.344. The largest absolute Gasteiger partial charge is 0.494 e. The zero-order valence-corrected chi connectivity index (χ0v) is 20.9. The Kier molecular flexibility index (Phi) is 8.78. The Bertz CT molecular complexity index is 1140. The molecular formula is C32H36O3. The Morgan fingerprint density at radius 1 is 0.829 bits per heavy atom. The molecule has 35 heavy (non-hydrogen) atoms. The highest BCUT2D eigenvalue weighted by atomic mass is 16.5. The first-order valence-electron chi connectivity index (χ1n) is 13.0. The van der Waals surface area contributed by atoms with Gasteiger partial charge in [0.2, 0.25) is 0 Å². The first-order valence-corrected chi connectivity index (χ1v) is 13.0. The van der Waals surface area contributed by atoms with Gasteiger partial charge >= 0.3 is 5.97 Å². The smallest absolute Gasteiger partial charge is 0.330 e. The van der Waals surface area contributed by atoms with Gasteiger partial charge in [0.1, 0.15) is 5.75 Å². The second kappa shape index (κ2) is 12.4. The summed E-state index contributed by atoms with van der Waals surface area (Å²) >= 11 is 0. The van der Waals surface area contributed by atoms with E-state index in [1.807, 2.05) is 12.1 Å². The van der Waals surface area contributed by atoms with Crippen molar-refractivity contribution in [2.75, 3.05) is 13.2 Å². The maximum absolute atomic E-state index is 11.0.